The number of amides is 2. The van der Waals surface area contributed by atoms with Gasteiger partial charge in [-0.2, -0.15) is 0 Å². The molecule has 0 saturated carbocycles. The minimum absolute atomic E-state index is 0.0278. The minimum atomic E-state index is -0.742. The maximum atomic E-state index is 12.8. The monoisotopic (exact) mass is 673 g/mol. The molecule has 1 aliphatic heterocycles. The van der Waals surface area contributed by atoms with Gasteiger partial charge in [-0.05, 0) is 42.3 Å². The maximum absolute atomic E-state index is 12.8. The summed E-state index contributed by atoms with van der Waals surface area (Å²) in [4.78, 5) is 26.2. The van der Waals surface area contributed by atoms with Gasteiger partial charge in [0.05, 0.1) is 40.1 Å². The van der Waals surface area contributed by atoms with E-state index in [0.717, 1.165) is 27.5 Å². The molecule has 4 rings (SSSR count). The highest BCUT2D eigenvalue weighted by atomic mass is 32.2. The number of rotatable bonds is 14. The Labute approximate surface area is 278 Å². The molecule has 2 amide bonds. The van der Waals surface area contributed by atoms with Gasteiger partial charge < -0.3 is 33.2 Å². The second kappa shape index (κ2) is 16.5. The van der Waals surface area contributed by atoms with Crippen LogP contribution < -0.4 is 33.0 Å². The van der Waals surface area contributed by atoms with Crippen LogP contribution in [0.2, 0.25) is 0 Å². The number of imide groups is 1. The number of benzene rings is 2. The molecule has 2 heterocycles. The van der Waals surface area contributed by atoms with Crippen LogP contribution in [-0.2, 0) is 22.6 Å². The summed E-state index contributed by atoms with van der Waals surface area (Å²) in [6.07, 6.45) is 1.16. The predicted octanol–water partition coefficient (Wildman–Crippen LogP) is 5.82. The summed E-state index contributed by atoms with van der Waals surface area (Å²) in [7, 11) is 7.94. The molecule has 0 bridgehead atoms. The number of methoxy groups -OCH3 is 5. The molecule has 1 aliphatic rings. The fourth-order valence-corrected chi connectivity index (χ4v) is 8.26. The van der Waals surface area contributed by atoms with Crippen LogP contribution in [0, 0.1) is 0 Å². The second-order valence-electron chi connectivity index (χ2n) is 10.0. The summed E-state index contributed by atoms with van der Waals surface area (Å²) in [6, 6.07) is 13.5. The van der Waals surface area contributed by atoms with Gasteiger partial charge in [-0.15, -0.1) is 23.5 Å². The molecule has 0 N–H and O–H groups in total. The lowest BCUT2D eigenvalue weighted by Crippen LogP contribution is -2.43. The number of hydrogen-bond donors (Lipinski definition) is 0. The van der Waals surface area contributed by atoms with E-state index in [1.54, 1.807) is 35.5 Å². The third-order valence-electron chi connectivity index (χ3n) is 7.35. The number of aryl methyl sites for hydroxylation is 1. The standard InChI is InChI=1S/C33H41N2O9S2/c1-8-34-12-10-9-11-24(34)19-35(21(2)36)33(37)44-14-13-43-31-27(40-5)17-23(18-28(31)41-6)32-45-20-29(46-32)22-15-25(38-3)30(42-7)26(16-22)39-4/h9-12,15-18,29,32H,8,13-14,19-20H2,1-7H3/q+1/t29-,32+/m1/s1. The zero-order valence-electron chi connectivity index (χ0n) is 27.2. The van der Waals surface area contributed by atoms with Crippen molar-refractivity contribution in [2.75, 3.05) is 54.5 Å². The van der Waals surface area contributed by atoms with Crippen LogP contribution in [0.1, 0.15) is 40.5 Å². The number of thioether (sulfide) groups is 2. The van der Waals surface area contributed by atoms with E-state index in [1.807, 2.05) is 83.7 Å². The van der Waals surface area contributed by atoms with Crippen molar-refractivity contribution in [3.8, 4) is 34.5 Å². The third kappa shape index (κ3) is 8.05. The summed E-state index contributed by atoms with van der Waals surface area (Å²) in [5.74, 6) is 3.67. The lowest BCUT2D eigenvalue weighted by molar-refractivity contribution is -0.701. The first-order chi connectivity index (χ1) is 22.3. The summed E-state index contributed by atoms with van der Waals surface area (Å²) in [6.45, 7) is 4.09. The molecule has 3 aromatic rings. The molecular weight excluding hydrogens is 633 g/mol. The van der Waals surface area contributed by atoms with Gasteiger partial charge in [0.1, 0.15) is 26.3 Å². The molecule has 2 atom stereocenters. The molecule has 2 aromatic carbocycles. The number of hydrogen-bond acceptors (Lipinski definition) is 11. The molecule has 46 heavy (non-hydrogen) atoms. The first kappa shape index (κ1) is 34.9. The van der Waals surface area contributed by atoms with Gasteiger partial charge in [0.2, 0.25) is 23.1 Å². The summed E-state index contributed by atoms with van der Waals surface area (Å²) in [5.41, 5.74) is 2.91. The third-order valence-corrected chi connectivity index (χ3v) is 10.7. The van der Waals surface area contributed by atoms with Crippen molar-refractivity contribution < 1.29 is 47.3 Å². The van der Waals surface area contributed by atoms with Crippen molar-refractivity contribution in [3.05, 3.63) is 65.5 Å². The highest BCUT2D eigenvalue weighted by molar-refractivity contribution is 8.19. The Balaban J connectivity index is 1.41. The smallest absolute Gasteiger partial charge is 0.417 e. The topological polar surface area (TPSA) is 106 Å². The molecule has 0 radical (unpaired) electrons. The Hall–Kier alpha value is -3.97. The first-order valence-electron chi connectivity index (χ1n) is 14.7. The molecule has 1 saturated heterocycles. The minimum Gasteiger partial charge on any atom is -0.493 e. The number of pyridine rings is 1. The fraction of sp³-hybridized carbons (Fsp3) is 0.424. The molecule has 0 aliphatic carbocycles. The Kier molecular flexibility index (Phi) is 12.6. The molecular formula is C33H41N2O9S2+. The van der Waals surface area contributed by atoms with Crippen molar-refractivity contribution in [2.24, 2.45) is 0 Å². The Bertz CT molecular complexity index is 1470. The second-order valence-corrected chi connectivity index (χ2v) is 12.8. The maximum Gasteiger partial charge on any atom is 0.417 e. The van der Waals surface area contributed by atoms with Crippen LogP contribution in [-0.4, -0.2) is 71.4 Å². The average Bonchev–Trinajstić information content (AvgIpc) is 3.58. The number of aromatic nitrogens is 1. The van der Waals surface area contributed by atoms with Crippen LogP contribution in [0.4, 0.5) is 4.79 Å². The number of ether oxygens (including phenoxy) is 7. The Morgan fingerprint density at radius 2 is 1.46 bits per heavy atom. The van der Waals surface area contributed by atoms with Crippen molar-refractivity contribution in [1.82, 2.24) is 4.90 Å². The zero-order chi connectivity index (χ0) is 33.2. The lowest BCUT2D eigenvalue weighted by Gasteiger charge is -2.20. The van der Waals surface area contributed by atoms with Gasteiger partial charge in [-0.1, -0.05) is 6.07 Å². The predicted molar refractivity (Wildman–Crippen MR) is 177 cm³/mol. The van der Waals surface area contributed by atoms with E-state index in [2.05, 4.69) is 0 Å². The van der Waals surface area contributed by atoms with Crippen LogP contribution >= 0.6 is 23.5 Å². The molecule has 0 spiro atoms. The summed E-state index contributed by atoms with van der Waals surface area (Å²) < 4.78 is 41.4. The van der Waals surface area contributed by atoms with E-state index in [9.17, 15) is 9.59 Å². The molecule has 1 fully saturated rings. The SMILES string of the molecule is CC[n+]1ccccc1CN(C(C)=O)C(=O)OCCOc1c(OC)cc([C@H]2SC[C@H](c3cc(OC)c(OC)c(OC)c3)S2)cc1OC. The van der Waals surface area contributed by atoms with Gasteiger partial charge in [-0.25, -0.2) is 14.3 Å². The van der Waals surface area contributed by atoms with Gasteiger partial charge in [0.25, 0.3) is 0 Å². The number of carbonyl (C=O) groups is 2. The van der Waals surface area contributed by atoms with Gasteiger partial charge in [-0.3, -0.25) is 4.79 Å². The molecule has 13 heteroatoms. The van der Waals surface area contributed by atoms with Crippen LogP contribution in [0.25, 0.3) is 0 Å². The van der Waals surface area contributed by atoms with Gasteiger partial charge in [0.15, 0.2) is 29.2 Å². The van der Waals surface area contributed by atoms with Crippen molar-refractivity contribution in [1.29, 1.82) is 0 Å². The quantitative estimate of drug-likeness (QED) is 0.153. The van der Waals surface area contributed by atoms with Crippen LogP contribution in [0.15, 0.2) is 48.7 Å². The zero-order valence-corrected chi connectivity index (χ0v) is 28.8. The van der Waals surface area contributed by atoms with Crippen molar-refractivity contribution in [3.63, 3.8) is 0 Å². The largest absolute Gasteiger partial charge is 0.493 e. The lowest BCUT2D eigenvalue weighted by atomic mass is 10.1. The molecule has 11 nitrogen and oxygen atoms in total. The Morgan fingerprint density at radius 1 is 0.848 bits per heavy atom. The molecule has 0 unspecified atom stereocenters. The first-order valence-corrected chi connectivity index (χ1v) is 16.6. The van der Waals surface area contributed by atoms with E-state index in [4.69, 9.17) is 33.2 Å². The van der Waals surface area contributed by atoms with E-state index < -0.39 is 12.0 Å². The average molecular weight is 674 g/mol. The fourth-order valence-electron chi connectivity index (χ4n) is 5.00. The van der Waals surface area contributed by atoms with Crippen molar-refractivity contribution in [2.45, 2.75) is 36.8 Å². The summed E-state index contributed by atoms with van der Waals surface area (Å²) in [5, 5.41) is 0.190. The number of carbonyl (C=O) groups excluding carboxylic acids is 2. The van der Waals surface area contributed by atoms with Gasteiger partial charge in [0, 0.05) is 30.1 Å². The van der Waals surface area contributed by atoms with E-state index in [0.29, 0.717) is 41.0 Å². The van der Waals surface area contributed by atoms with Crippen molar-refractivity contribution >= 4 is 35.5 Å². The summed E-state index contributed by atoms with van der Waals surface area (Å²) >= 11 is 3.63. The molecule has 248 valence electrons. The molecule has 1 aromatic heterocycles. The number of nitrogens with zero attached hydrogens (tertiary/aromatic N) is 2. The van der Waals surface area contributed by atoms with E-state index >= 15 is 0 Å². The highest BCUT2D eigenvalue weighted by Gasteiger charge is 2.32. The Morgan fingerprint density at radius 3 is 2.02 bits per heavy atom. The van der Waals surface area contributed by atoms with Gasteiger partial charge >= 0.3 is 6.09 Å². The van der Waals surface area contributed by atoms with Crippen LogP contribution in [0.3, 0.4) is 0 Å². The van der Waals surface area contributed by atoms with E-state index in [-0.39, 0.29) is 29.6 Å². The normalized spacial score (nSPS) is 15.5. The highest BCUT2D eigenvalue weighted by Crippen LogP contribution is 2.58. The van der Waals surface area contributed by atoms with Crippen LogP contribution in [0.5, 0.6) is 34.5 Å². The van der Waals surface area contributed by atoms with E-state index in [1.165, 1.54) is 6.92 Å².